The van der Waals surface area contributed by atoms with Gasteiger partial charge in [0.25, 0.3) is 0 Å². The molecule has 1 fully saturated rings. The van der Waals surface area contributed by atoms with Crippen molar-refractivity contribution in [2.24, 2.45) is 5.92 Å². The molecular weight excluding hydrogens is 493 g/mol. The number of halogens is 1. The van der Waals surface area contributed by atoms with E-state index in [1.165, 1.54) is 50.7 Å². The van der Waals surface area contributed by atoms with Crippen molar-refractivity contribution < 1.29 is 23.4 Å². The van der Waals surface area contributed by atoms with Gasteiger partial charge in [-0.15, -0.1) is 0 Å². The van der Waals surface area contributed by atoms with Crippen LogP contribution in [-0.4, -0.2) is 44.7 Å². The Labute approximate surface area is 235 Å². The van der Waals surface area contributed by atoms with Crippen molar-refractivity contribution in [1.29, 1.82) is 0 Å². The van der Waals surface area contributed by atoms with Gasteiger partial charge in [0.05, 0.1) is 14.2 Å². The molecule has 0 radical (unpaired) electrons. The molecule has 0 aromatic heterocycles. The Hall–Kier alpha value is -2.60. The zero-order valence-corrected chi connectivity index (χ0v) is 24.3. The van der Waals surface area contributed by atoms with Crippen LogP contribution in [-0.2, 0) is 16.0 Å². The maximum Gasteiger partial charge on any atom is 0.306 e. The number of nitrogens with zero attached hydrogens (tertiary/aromatic N) is 1. The first-order valence-corrected chi connectivity index (χ1v) is 14.9. The largest absolute Gasteiger partial charge is 0.493 e. The lowest BCUT2D eigenvalue weighted by Gasteiger charge is -2.36. The molecule has 0 N–H and O–H groups in total. The van der Waals surface area contributed by atoms with Gasteiger partial charge in [0, 0.05) is 24.4 Å². The van der Waals surface area contributed by atoms with Crippen molar-refractivity contribution in [3.63, 3.8) is 0 Å². The Morgan fingerprint density at radius 2 is 1.59 bits per heavy atom. The molecule has 1 atom stereocenters. The van der Waals surface area contributed by atoms with E-state index in [9.17, 15) is 9.18 Å². The molecule has 0 unspecified atom stereocenters. The van der Waals surface area contributed by atoms with Crippen molar-refractivity contribution in [2.45, 2.75) is 90.1 Å². The summed E-state index contributed by atoms with van der Waals surface area (Å²) in [5.41, 5.74) is 2.03. The van der Waals surface area contributed by atoms with Crippen molar-refractivity contribution in [3.8, 4) is 11.5 Å². The molecule has 3 rings (SSSR count). The molecule has 1 saturated heterocycles. The van der Waals surface area contributed by atoms with E-state index < -0.39 is 0 Å². The van der Waals surface area contributed by atoms with E-state index in [0.717, 1.165) is 62.9 Å². The van der Waals surface area contributed by atoms with Gasteiger partial charge in [0.1, 0.15) is 11.9 Å². The van der Waals surface area contributed by atoms with Crippen molar-refractivity contribution in [2.75, 3.05) is 33.9 Å². The summed E-state index contributed by atoms with van der Waals surface area (Å²) in [5, 5.41) is 0. The molecule has 1 heterocycles. The third-order valence-corrected chi connectivity index (χ3v) is 7.92. The highest BCUT2D eigenvalue weighted by Gasteiger charge is 2.33. The standard InChI is InChI=1S/C33H48FNO4/c1-4-5-6-7-8-9-10-11-15-31(36)39-32(29-13-12-14-30(37-2)33(29)38-3)27-21-24-35(25-22-27)23-20-26-16-18-28(34)19-17-26/h12-14,16-19,27,32H,4-11,15,20-25H2,1-3H3/t32-/m1/s1. The lowest BCUT2D eigenvalue weighted by Crippen LogP contribution is -2.37. The van der Waals surface area contributed by atoms with Crippen LogP contribution in [0, 0.1) is 11.7 Å². The molecule has 0 aliphatic carbocycles. The number of carbonyl (C=O) groups is 1. The monoisotopic (exact) mass is 541 g/mol. The molecule has 1 aliphatic heterocycles. The predicted molar refractivity (Wildman–Crippen MR) is 155 cm³/mol. The summed E-state index contributed by atoms with van der Waals surface area (Å²) in [6.45, 7) is 5.04. The normalized spacial score (nSPS) is 15.2. The SMILES string of the molecule is CCCCCCCCCCC(=O)O[C@@H](c1cccc(OC)c1OC)C1CCN(CCc2ccc(F)cc2)CC1. The number of benzene rings is 2. The summed E-state index contributed by atoms with van der Waals surface area (Å²) in [6, 6.07) is 12.6. The topological polar surface area (TPSA) is 48.0 Å². The number of rotatable bonds is 17. The lowest BCUT2D eigenvalue weighted by molar-refractivity contribution is -0.153. The van der Waals surface area contributed by atoms with E-state index in [-0.39, 0.29) is 23.8 Å². The van der Waals surface area contributed by atoms with Crippen molar-refractivity contribution in [1.82, 2.24) is 4.90 Å². The minimum Gasteiger partial charge on any atom is -0.493 e. The Balaban J connectivity index is 1.57. The molecule has 216 valence electrons. The maximum absolute atomic E-state index is 13.2. The van der Waals surface area contributed by atoms with Gasteiger partial charge < -0.3 is 19.1 Å². The molecule has 0 amide bonds. The van der Waals surface area contributed by atoms with Crippen LogP contribution in [0.2, 0.25) is 0 Å². The average molecular weight is 542 g/mol. The molecule has 2 aromatic rings. The molecule has 1 aliphatic rings. The summed E-state index contributed by atoms with van der Waals surface area (Å²) >= 11 is 0. The van der Waals surface area contributed by atoms with Crippen LogP contribution in [0.25, 0.3) is 0 Å². The molecule has 5 nitrogen and oxygen atoms in total. The summed E-state index contributed by atoms with van der Waals surface area (Å²) < 4.78 is 30.7. The number of hydrogen-bond acceptors (Lipinski definition) is 5. The van der Waals surface area contributed by atoms with Gasteiger partial charge in [-0.1, -0.05) is 76.1 Å². The first-order chi connectivity index (χ1) is 19.0. The van der Waals surface area contributed by atoms with E-state index in [2.05, 4.69) is 11.8 Å². The fourth-order valence-electron chi connectivity index (χ4n) is 5.57. The number of esters is 1. The second-order valence-electron chi connectivity index (χ2n) is 10.8. The Kier molecular flexibility index (Phi) is 13.6. The fourth-order valence-corrected chi connectivity index (χ4v) is 5.57. The van der Waals surface area contributed by atoms with Gasteiger partial charge >= 0.3 is 5.97 Å². The summed E-state index contributed by atoms with van der Waals surface area (Å²) in [5.74, 6) is 1.17. The highest BCUT2D eigenvalue weighted by molar-refractivity contribution is 5.70. The summed E-state index contributed by atoms with van der Waals surface area (Å²) in [4.78, 5) is 15.5. The van der Waals surface area contributed by atoms with Gasteiger partial charge in [0.2, 0.25) is 0 Å². The van der Waals surface area contributed by atoms with Gasteiger partial charge in [-0.25, -0.2) is 4.39 Å². The third kappa shape index (κ3) is 10.1. The van der Waals surface area contributed by atoms with Crippen LogP contribution in [0.3, 0.4) is 0 Å². The Morgan fingerprint density at radius 1 is 0.923 bits per heavy atom. The van der Waals surface area contributed by atoms with Gasteiger partial charge in [-0.3, -0.25) is 4.79 Å². The maximum atomic E-state index is 13.2. The van der Waals surface area contributed by atoms with E-state index in [1.807, 2.05) is 30.3 Å². The van der Waals surface area contributed by atoms with E-state index >= 15 is 0 Å². The zero-order chi connectivity index (χ0) is 27.9. The van der Waals surface area contributed by atoms with Crippen LogP contribution in [0.15, 0.2) is 42.5 Å². The van der Waals surface area contributed by atoms with Crippen molar-refractivity contribution in [3.05, 3.63) is 59.4 Å². The van der Waals surface area contributed by atoms with Crippen LogP contribution >= 0.6 is 0 Å². The number of methoxy groups -OCH3 is 2. The number of para-hydroxylation sites is 1. The quantitative estimate of drug-likeness (QED) is 0.150. The number of ether oxygens (including phenoxy) is 3. The first kappa shape index (κ1) is 30.9. The number of hydrogen-bond donors (Lipinski definition) is 0. The van der Waals surface area contributed by atoms with Gasteiger partial charge in [-0.2, -0.15) is 0 Å². The Bertz CT molecular complexity index is 972. The van der Waals surface area contributed by atoms with Crippen LogP contribution in [0.1, 0.15) is 94.8 Å². The van der Waals surface area contributed by atoms with Gasteiger partial charge in [-0.05, 0) is 62.5 Å². The number of likely N-dealkylation sites (tertiary alicyclic amines) is 1. The molecular formula is C33H48FNO4. The van der Waals surface area contributed by atoms with Crippen LogP contribution in [0.4, 0.5) is 4.39 Å². The number of piperidine rings is 1. The zero-order valence-electron chi connectivity index (χ0n) is 24.3. The average Bonchev–Trinajstić information content (AvgIpc) is 2.97. The predicted octanol–water partition coefficient (Wildman–Crippen LogP) is 7.91. The summed E-state index contributed by atoms with van der Waals surface area (Å²) in [6.07, 6.45) is 12.4. The Morgan fingerprint density at radius 3 is 2.23 bits per heavy atom. The molecule has 0 spiro atoms. The second-order valence-corrected chi connectivity index (χ2v) is 10.8. The van der Waals surface area contributed by atoms with E-state index in [1.54, 1.807) is 14.2 Å². The van der Waals surface area contributed by atoms with Gasteiger partial charge in [0.15, 0.2) is 11.5 Å². The number of unbranched alkanes of at least 4 members (excludes halogenated alkanes) is 7. The van der Waals surface area contributed by atoms with Crippen LogP contribution < -0.4 is 9.47 Å². The molecule has 0 bridgehead atoms. The lowest BCUT2D eigenvalue weighted by atomic mass is 9.86. The van der Waals surface area contributed by atoms with Crippen molar-refractivity contribution >= 4 is 5.97 Å². The second kappa shape index (κ2) is 17.2. The summed E-state index contributed by atoms with van der Waals surface area (Å²) in [7, 11) is 3.27. The molecule has 2 aromatic carbocycles. The van der Waals surface area contributed by atoms with E-state index in [4.69, 9.17) is 14.2 Å². The highest BCUT2D eigenvalue weighted by Crippen LogP contribution is 2.42. The molecule has 0 saturated carbocycles. The first-order valence-electron chi connectivity index (χ1n) is 14.9. The molecule has 6 heteroatoms. The minimum atomic E-state index is -0.365. The highest BCUT2D eigenvalue weighted by atomic mass is 19.1. The smallest absolute Gasteiger partial charge is 0.306 e. The number of carbonyl (C=O) groups excluding carboxylic acids is 1. The van der Waals surface area contributed by atoms with E-state index in [0.29, 0.717) is 17.9 Å². The fraction of sp³-hybridized carbons (Fsp3) is 0.606. The minimum absolute atomic E-state index is 0.130. The molecule has 39 heavy (non-hydrogen) atoms. The third-order valence-electron chi connectivity index (χ3n) is 7.92. The van der Waals surface area contributed by atoms with Crippen LogP contribution in [0.5, 0.6) is 11.5 Å².